The van der Waals surface area contributed by atoms with Gasteiger partial charge in [-0.1, -0.05) is 30.0 Å². The molecular weight excluding hydrogens is 212 g/mol. The van der Waals surface area contributed by atoms with Gasteiger partial charge in [-0.25, -0.2) is 4.98 Å². The van der Waals surface area contributed by atoms with Crippen molar-refractivity contribution in [1.82, 2.24) is 9.55 Å². The zero-order valence-electron chi connectivity index (χ0n) is 9.50. The van der Waals surface area contributed by atoms with Gasteiger partial charge in [0.05, 0.1) is 12.9 Å². The summed E-state index contributed by atoms with van der Waals surface area (Å²) in [7, 11) is 0. The number of hydrogen-bond donors (Lipinski definition) is 1. The highest BCUT2D eigenvalue weighted by atomic mass is 16.2. The Kier molecular flexibility index (Phi) is 3.95. The van der Waals surface area contributed by atoms with Gasteiger partial charge in [0, 0.05) is 30.9 Å². The molecule has 0 bridgehead atoms. The molecule has 0 aliphatic heterocycles. The second kappa shape index (κ2) is 5.88. The summed E-state index contributed by atoms with van der Waals surface area (Å²) in [5.41, 5.74) is 2.17. The van der Waals surface area contributed by atoms with E-state index in [0.29, 0.717) is 6.42 Å². The normalized spacial score (nSPS) is 9.71. The lowest BCUT2D eigenvalue weighted by atomic mass is 10.1. The second-order valence-corrected chi connectivity index (χ2v) is 3.67. The third-order valence-electron chi connectivity index (χ3n) is 2.39. The van der Waals surface area contributed by atoms with Crippen molar-refractivity contribution >= 4 is 0 Å². The molecule has 2 aromatic rings. The lowest BCUT2D eigenvalue weighted by molar-refractivity contribution is 0.305. The van der Waals surface area contributed by atoms with Crippen molar-refractivity contribution < 1.29 is 5.11 Å². The topological polar surface area (TPSA) is 38.0 Å². The molecule has 1 aromatic heterocycles. The van der Waals surface area contributed by atoms with Crippen molar-refractivity contribution in [3.05, 3.63) is 54.1 Å². The van der Waals surface area contributed by atoms with Gasteiger partial charge in [-0.15, -0.1) is 0 Å². The molecule has 2 rings (SSSR count). The maximum absolute atomic E-state index is 8.71. The molecule has 17 heavy (non-hydrogen) atoms. The molecule has 0 spiro atoms. The van der Waals surface area contributed by atoms with E-state index in [2.05, 4.69) is 22.9 Å². The first-order valence-electron chi connectivity index (χ1n) is 5.53. The van der Waals surface area contributed by atoms with Crippen LogP contribution >= 0.6 is 0 Å². The van der Waals surface area contributed by atoms with Gasteiger partial charge in [0.25, 0.3) is 0 Å². The van der Waals surface area contributed by atoms with E-state index in [1.165, 1.54) is 0 Å². The Hall–Kier alpha value is -2.05. The summed E-state index contributed by atoms with van der Waals surface area (Å²) in [6.07, 6.45) is 6.00. The summed E-state index contributed by atoms with van der Waals surface area (Å²) >= 11 is 0. The Labute approximate surface area is 101 Å². The second-order valence-electron chi connectivity index (χ2n) is 3.67. The molecule has 3 heteroatoms. The molecule has 0 saturated heterocycles. The van der Waals surface area contributed by atoms with E-state index in [-0.39, 0.29) is 6.61 Å². The minimum absolute atomic E-state index is 0.108. The van der Waals surface area contributed by atoms with E-state index in [0.717, 1.165) is 17.7 Å². The number of aromatic nitrogens is 2. The van der Waals surface area contributed by atoms with Crippen LogP contribution < -0.4 is 0 Å². The van der Waals surface area contributed by atoms with Gasteiger partial charge in [0.2, 0.25) is 0 Å². The Morgan fingerprint density at radius 2 is 2.18 bits per heavy atom. The van der Waals surface area contributed by atoms with Gasteiger partial charge in [-0.2, -0.15) is 0 Å². The monoisotopic (exact) mass is 226 g/mol. The fourth-order valence-corrected chi connectivity index (χ4v) is 1.57. The molecule has 0 aliphatic rings. The van der Waals surface area contributed by atoms with Crippen LogP contribution in [0.5, 0.6) is 0 Å². The van der Waals surface area contributed by atoms with Crippen LogP contribution in [-0.4, -0.2) is 21.3 Å². The molecule has 1 N–H and O–H groups in total. The van der Waals surface area contributed by atoms with Crippen molar-refractivity contribution in [2.75, 3.05) is 6.61 Å². The Bertz CT molecular complexity index is 521. The summed E-state index contributed by atoms with van der Waals surface area (Å²) in [5.74, 6) is 6.03. The van der Waals surface area contributed by atoms with E-state index < -0.39 is 0 Å². The molecule has 1 heterocycles. The third-order valence-corrected chi connectivity index (χ3v) is 2.39. The van der Waals surface area contributed by atoms with E-state index in [1.807, 2.05) is 29.0 Å². The molecule has 0 saturated carbocycles. The average molecular weight is 226 g/mol. The summed E-state index contributed by atoms with van der Waals surface area (Å²) in [6.45, 7) is 0.876. The summed E-state index contributed by atoms with van der Waals surface area (Å²) < 4.78 is 2.01. The number of hydrogen-bond acceptors (Lipinski definition) is 2. The summed E-state index contributed by atoms with van der Waals surface area (Å²) in [5, 5.41) is 8.71. The average Bonchev–Trinajstić information content (AvgIpc) is 2.84. The Morgan fingerprint density at radius 1 is 1.29 bits per heavy atom. The molecule has 0 radical (unpaired) electrons. The molecule has 86 valence electrons. The van der Waals surface area contributed by atoms with Crippen molar-refractivity contribution in [2.24, 2.45) is 0 Å². The fourth-order valence-electron chi connectivity index (χ4n) is 1.57. The standard InChI is InChI=1S/C14H14N2O/c17-10-4-3-6-13-5-1-2-7-14(13)11-16-9-8-15-12-16/h1-2,5,7-9,12,17H,4,10-11H2. The van der Waals surface area contributed by atoms with Gasteiger partial charge in [0.15, 0.2) is 0 Å². The van der Waals surface area contributed by atoms with E-state index in [1.54, 1.807) is 12.5 Å². The number of imidazole rings is 1. The van der Waals surface area contributed by atoms with Gasteiger partial charge in [-0.3, -0.25) is 0 Å². The number of nitrogens with zero attached hydrogens (tertiary/aromatic N) is 2. The van der Waals surface area contributed by atoms with Crippen LogP contribution in [0, 0.1) is 11.8 Å². The predicted octanol–water partition coefficient (Wildman–Crippen LogP) is 1.67. The first-order chi connectivity index (χ1) is 8.40. The van der Waals surface area contributed by atoms with Crippen molar-refractivity contribution in [1.29, 1.82) is 0 Å². The maximum Gasteiger partial charge on any atom is 0.0949 e. The lowest BCUT2D eigenvalue weighted by Crippen LogP contribution is -1.98. The van der Waals surface area contributed by atoms with Crippen molar-refractivity contribution in [2.45, 2.75) is 13.0 Å². The number of aliphatic hydroxyl groups excluding tert-OH is 1. The van der Waals surface area contributed by atoms with Crippen LogP contribution in [0.2, 0.25) is 0 Å². The fraction of sp³-hybridized carbons (Fsp3) is 0.214. The maximum atomic E-state index is 8.71. The quantitative estimate of drug-likeness (QED) is 0.808. The Balaban J connectivity index is 2.19. The SMILES string of the molecule is OCCC#Cc1ccccc1Cn1ccnc1. The van der Waals surface area contributed by atoms with Crippen molar-refractivity contribution in [3.8, 4) is 11.8 Å². The highest BCUT2D eigenvalue weighted by Crippen LogP contribution is 2.09. The zero-order valence-corrected chi connectivity index (χ0v) is 9.50. The van der Waals surface area contributed by atoms with Gasteiger partial charge >= 0.3 is 0 Å². The van der Waals surface area contributed by atoms with Crippen LogP contribution in [-0.2, 0) is 6.54 Å². The molecule has 3 nitrogen and oxygen atoms in total. The number of benzene rings is 1. The van der Waals surface area contributed by atoms with E-state index >= 15 is 0 Å². The van der Waals surface area contributed by atoms with Crippen LogP contribution in [0.4, 0.5) is 0 Å². The molecule has 1 aromatic carbocycles. The smallest absolute Gasteiger partial charge is 0.0949 e. The zero-order chi connectivity index (χ0) is 11.9. The molecule has 0 amide bonds. The third kappa shape index (κ3) is 3.20. The first kappa shape index (κ1) is 11.4. The van der Waals surface area contributed by atoms with Crippen LogP contribution in [0.25, 0.3) is 0 Å². The van der Waals surface area contributed by atoms with E-state index in [9.17, 15) is 0 Å². The van der Waals surface area contributed by atoms with E-state index in [4.69, 9.17) is 5.11 Å². The number of aliphatic hydroxyl groups is 1. The van der Waals surface area contributed by atoms with Crippen LogP contribution in [0.1, 0.15) is 17.5 Å². The van der Waals surface area contributed by atoms with Gasteiger partial charge in [-0.05, 0) is 11.6 Å². The molecule has 0 atom stereocenters. The van der Waals surface area contributed by atoms with Crippen LogP contribution in [0.3, 0.4) is 0 Å². The molecule has 0 unspecified atom stereocenters. The highest BCUT2D eigenvalue weighted by molar-refractivity contribution is 5.41. The Morgan fingerprint density at radius 3 is 2.94 bits per heavy atom. The minimum atomic E-state index is 0.108. The largest absolute Gasteiger partial charge is 0.395 e. The summed E-state index contributed by atoms with van der Waals surface area (Å²) in [6, 6.07) is 8.03. The summed E-state index contributed by atoms with van der Waals surface area (Å²) in [4.78, 5) is 4.02. The lowest BCUT2D eigenvalue weighted by Gasteiger charge is -2.04. The van der Waals surface area contributed by atoms with Crippen molar-refractivity contribution in [3.63, 3.8) is 0 Å². The molecule has 0 aliphatic carbocycles. The van der Waals surface area contributed by atoms with Gasteiger partial charge < -0.3 is 9.67 Å². The van der Waals surface area contributed by atoms with Gasteiger partial charge in [0.1, 0.15) is 0 Å². The molecular formula is C14H14N2O. The minimum Gasteiger partial charge on any atom is -0.395 e. The number of rotatable bonds is 3. The van der Waals surface area contributed by atoms with Crippen LogP contribution in [0.15, 0.2) is 43.0 Å². The predicted molar refractivity (Wildman–Crippen MR) is 66.4 cm³/mol. The molecule has 0 fully saturated rings. The highest BCUT2D eigenvalue weighted by Gasteiger charge is 1.99. The first-order valence-corrected chi connectivity index (χ1v) is 5.53.